The van der Waals surface area contributed by atoms with E-state index in [1.165, 1.54) is 0 Å². The first-order valence-corrected chi connectivity index (χ1v) is 6.44. The zero-order valence-corrected chi connectivity index (χ0v) is 11.8. The molecule has 2 aromatic rings. The van der Waals surface area contributed by atoms with Crippen molar-refractivity contribution in [2.24, 2.45) is 11.1 Å². The second-order valence-electron chi connectivity index (χ2n) is 4.83. The fourth-order valence-electron chi connectivity index (χ4n) is 1.76. The molecule has 2 rings (SSSR count). The third-order valence-electron chi connectivity index (χ3n) is 2.71. The van der Waals surface area contributed by atoms with Gasteiger partial charge in [-0.05, 0) is 25.0 Å². The standard InChI is InChI=1S/C14H18N4O2/c1-10(2)9-20-14-12(5-4-6-16-14)13(17-19)18-8-7-15-11(18)3/h4-8,10,19H,9H2,1-3H3/b17-13-. The van der Waals surface area contributed by atoms with Crippen LogP contribution in [-0.2, 0) is 0 Å². The minimum absolute atomic E-state index is 0.340. The summed E-state index contributed by atoms with van der Waals surface area (Å²) in [6.45, 7) is 6.50. The van der Waals surface area contributed by atoms with Crippen molar-refractivity contribution in [3.05, 3.63) is 42.1 Å². The van der Waals surface area contributed by atoms with Crippen molar-refractivity contribution < 1.29 is 9.94 Å². The molecule has 0 amide bonds. The summed E-state index contributed by atoms with van der Waals surface area (Å²) in [5, 5.41) is 12.7. The van der Waals surface area contributed by atoms with Gasteiger partial charge in [0.25, 0.3) is 0 Å². The largest absolute Gasteiger partial charge is 0.477 e. The van der Waals surface area contributed by atoms with Crippen LogP contribution in [0.5, 0.6) is 5.88 Å². The average Bonchev–Trinajstić information content (AvgIpc) is 2.85. The molecular weight excluding hydrogens is 256 g/mol. The van der Waals surface area contributed by atoms with Gasteiger partial charge in [-0.25, -0.2) is 9.97 Å². The molecule has 0 atom stereocenters. The van der Waals surface area contributed by atoms with Crippen LogP contribution in [0.3, 0.4) is 0 Å². The lowest BCUT2D eigenvalue weighted by Crippen LogP contribution is -2.17. The van der Waals surface area contributed by atoms with Crippen LogP contribution < -0.4 is 4.74 Å². The molecule has 0 spiro atoms. The Hall–Kier alpha value is -2.37. The molecule has 0 fully saturated rings. The van der Waals surface area contributed by atoms with Crippen LogP contribution in [0.15, 0.2) is 35.9 Å². The van der Waals surface area contributed by atoms with Crippen molar-refractivity contribution in [3.8, 4) is 5.88 Å². The maximum absolute atomic E-state index is 9.33. The summed E-state index contributed by atoms with van der Waals surface area (Å²) in [4.78, 5) is 8.34. The summed E-state index contributed by atoms with van der Waals surface area (Å²) >= 11 is 0. The molecule has 2 heterocycles. The summed E-state index contributed by atoms with van der Waals surface area (Å²) in [5.41, 5.74) is 0.622. The van der Waals surface area contributed by atoms with Crippen LogP contribution in [0, 0.1) is 12.8 Å². The number of aromatic nitrogens is 3. The highest BCUT2D eigenvalue weighted by molar-refractivity contribution is 6.02. The Morgan fingerprint density at radius 3 is 2.80 bits per heavy atom. The van der Waals surface area contributed by atoms with Gasteiger partial charge in [-0.15, -0.1) is 0 Å². The maximum atomic E-state index is 9.33. The van der Waals surface area contributed by atoms with E-state index in [0.717, 1.165) is 5.82 Å². The number of aryl methyl sites for hydroxylation is 1. The van der Waals surface area contributed by atoms with Crippen LogP contribution in [0.2, 0.25) is 0 Å². The minimum Gasteiger partial charge on any atom is -0.477 e. The van der Waals surface area contributed by atoms with E-state index in [-0.39, 0.29) is 0 Å². The van der Waals surface area contributed by atoms with Crippen LogP contribution in [0.1, 0.15) is 25.2 Å². The Kier molecular flexibility index (Phi) is 4.34. The van der Waals surface area contributed by atoms with Crippen LogP contribution in [0.25, 0.3) is 0 Å². The van der Waals surface area contributed by atoms with Gasteiger partial charge in [-0.3, -0.25) is 4.57 Å². The summed E-state index contributed by atoms with van der Waals surface area (Å²) in [7, 11) is 0. The predicted octanol–water partition coefficient (Wildman–Crippen LogP) is 2.31. The molecule has 6 heteroatoms. The minimum atomic E-state index is 0.340. The highest BCUT2D eigenvalue weighted by atomic mass is 16.5. The van der Waals surface area contributed by atoms with Crippen molar-refractivity contribution >= 4 is 5.84 Å². The van der Waals surface area contributed by atoms with E-state index in [9.17, 15) is 5.21 Å². The SMILES string of the molecule is Cc1nccn1/C(=N\O)c1cccnc1OCC(C)C. The van der Waals surface area contributed by atoms with Crippen molar-refractivity contribution in [2.45, 2.75) is 20.8 Å². The van der Waals surface area contributed by atoms with Crippen molar-refractivity contribution in [2.75, 3.05) is 6.61 Å². The van der Waals surface area contributed by atoms with Gasteiger partial charge in [0.05, 0.1) is 12.2 Å². The lowest BCUT2D eigenvalue weighted by molar-refractivity contribution is 0.260. The fourth-order valence-corrected chi connectivity index (χ4v) is 1.76. The molecule has 0 aliphatic carbocycles. The molecule has 6 nitrogen and oxygen atoms in total. The smallest absolute Gasteiger partial charge is 0.224 e. The number of nitrogens with zero attached hydrogens (tertiary/aromatic N) is 4. The maximum Gasteiger partial charge on any atom is 0.224 e. The van der Waals surface area contributed by atoms with Gasteiger partial charge in [0.15, 0.2) is 5.84 Å². The highest BCUT2D eigenvalue weighted by Gasteiger charge is 2.16. The molecular formula is C14H18N4O2. The monoisotopic (exact) mass is 274 g/mol. The van der Waals surface area contributed by atoms with Gasteiger partial charge in [-0.2, -0.15) is 0 Å². The molecule has 106 valence electrons. The Morgan fingerprint density at radius 1 is 1.40 bits per heavy atom. The topological polar surface area (TPSA) is 72.5 Å². The molecule has 0 bridgehead atoms. The summed E-state index contributed by atoms with van der Waals surface area (Å²) in [6.07, 6.45) is 5.02. The molecule has 0 saturated carbocycles. The number of hydrogen-bond donors (Lipinski definition) is 1. The predicted molar refractivity (Wildman–Crippen MR) is 75.3 cm³/mol. The third-order valence-corrected chi connectivity index (χ3v) is 2.71. The molecule has 2 aromatic heterocycles. The first kappa shape index (κ1) is 14.0. The Morgan fingerprint density at radius 2 is 2.20 bits per heavy atom. The summed E-state index contributed by atoms with van der Waals surface area (Å²) in [5.74, 6) is 1.89. The van der Waals surface area contributed by atoms with E-state index in [0.29, 0.717) is 29.8 Å². The van der Waals surface area contributed by atoms with Crippen LogP contribution in [0.4, 0.5) is 0 Å². The quantitative estimate of drug-likeness (QED) is 0.402. The van der Waals surface area contributed by atoms with E-state index >= 15 is 0 Å². The molecule has 0 aromatic carbocycles. The average molecular weight is 274 g/mol. The number of imidazole rings is 1. The van der Waals surface area contributed by atoms with E-state index in [2.05, 4.69) is 29.0 Å². The van der Waals surface area contributed by atoms with E-state index in [4.69, 9.17) is 4.74 Å². The van der Waals surface area contributed by atoms with E-state index < -0.39 is 0 Å². The number of rotatable bonds is 4. The van der Waals surface area contributed by atoms with Gasteiger partial charge >= 0.3 is 0 Å². The number of hydrogen-bond acceptors (Lipinski definition) is 5. The Bertz CT molecular complexity index is 605. The van der Waals surface area contributed by atoms with Crippen LogP contribution >= 0.6 is 0 Å². The second-order valence-corrected chi connectivity index (χ2v) is 4.83. The lowest BCUT2D eigenvalue weighted by Gasteiger charge is -2.13. The fraction of sp³-hybridized carbons (Fsp3) is 0.357. The zero-order chi connectivity index (χ0) is 14.5. The molecule has 0 radical (unpaired) electrons. The molecule has 20 heavy (non-hydrogen) atoms. The molecule has 0 saturated heterocycles. The van der Waals surface area contributed by atoms with Crippen molar-refractivity contribution in [1.29, 1.82) is 0 Å². The zero-order valence-electron chi connectivity index (χ0n) is 11.8. The van der Waals surface area contributed by atoms with Gasteiger partial charge in [0.1, 0.15) is 5.82 Å². The molecule has 1 N–H and O–H groups in total. The molecule has 0 unspecified atom stereocenters. The first-order chi connectivity index (χ1) is 9.63. The second kappa shape index (κ2) is 6.18. The van der Waals surface area contributed by atoms with Crippen LogP contribution in [-0.4, -0.2) is 32.2 Å². The lowest BCUT2D eigenvalue weighted by atomic mass is 10.2. The molecule has 0 aliphatic rings. The summed E-state index contributed by atoms with van der Waals surface area (Å²) < 4.78 is 7.36. The van der Waals surface area contributed by atoms with E-state index in [1.807, 2.05) is 6.92 Å². The van der Waals surface area contributed by atoms with Gasteiger partial charge in [0.2, 0.25) is 5.88 Å². The highest BCUT2D eigenvalue weighted by Crippen LogP contribution is 2.18. The number of pyridine rings is 1. The van der Waals surface area contributed by atoms with Gasteiger partial charge in [0, 0.05) is 18.6 Å². The third kappa shape index (κ3) is 2.96. The number of oxime groups is 1. The first-order valence-electron chi connectivity index (χ1n) is 6.44. The Balaban J connectivity index is 2.38. The van der Waals surface area contributed by atoms with Gasteiger partial charge in [-0.1, -0.05) is 19.0 Å². The summed E-state index contributed by atoms with van der Waals surface area (Å²) in [6, 6.07) is 3.58. The van der Waals surface area contributed by atoms with Gasteiger partial charge < -0.3 is 9.94 Å². The van der Waals surface area contributed by atoms with E-state index in [1.54, 1.807) is 35.3 Å². The normalized spacial score (nSPS) is 11.9. The molecule has 0 aliphatic heterocycles. The van der Waals surface area contributed by atoms with Crippen molar-refractivity contribution in [1.82, 2.24) is 14.5 Å². The Labute approximate surface area is 117 Å². The number of ether oxygens (including phenoxy) is 1. The van der Waals surface area contributed by atoms with Crippen molar-refractivity contribution in [3.63, 3.8) is 0 Å².